The van der Waals surface area contributed by atoms with E-state index >= 15 is 0 Å². The third-order valence-corrected chi connectivity index (χ3v) is 2.04. The molecule has 70 valence electrons. The predicted molar refractivity (Wildman–Crippen MR) is 57.3 cm³/mol. The van der Waals surface area contributed by atoms with Gasteiger partial charge in [-0.2, -0.15) is 0 Å². The number of rotatable bonds is 7. The SMILES string of the molecule is C=CCCC(C)=CCCCCC. The molecule has 0 aromatic carbocycles. The third-order valence-electron chi connectivity index (χ3n) is 2.04. The van der Waals surface area contributed by atoms with Crippen LogP contribution in [0.2, 0.25) is 0 Å². The lowest BCUT2D eigenvalue weighted by atomic mass is 10.1. The maximum absolute atomic E-state index is 3.72. The molecule has 0 saturated heterocycles. The molecule has 0 bridgehead atoms. The Balaban J connectivity index is 3.34. The highest BCUT2D eigenvalue weighted by Gasteiger charge is 1.87. The molecule has 0 aliphatic rings. The van der Waals surface area contributed by atoms with Gasteiger partial charge in [0.15, 0.2) is 0 Å². The van der Waals surface area contributed by atoms with Crippen LogP contribution in [0.15, 0.2) is 24.3 Å². The Kier molecular flexibility index (Phi) is 8.20. The molecule has 0 nitrogen and oxygen atoms in total. The van der Waals surface area contributed by atoms with Crippen molar-refractivity contribution in [1.29, 1.82) is 0 Å². The average molecular weight is 166 g/mol. The van der Waals surface area contributed by atoms with Crippen LogP contribution < -0.4 is 0 Å². The Morgan fingerprint density at radius 2 is 2.00 bits per heavy atom. The van der Waals surface area contributed by atoms with E-state index < -0.39 is 0 Å². The summed E-state index contributed by atoms with van der Waals surface area (Å²) < 4.78 is 0. The van der Waals surface area contributed by atoms with E-state index in [0.717, 1.165) is 6.42 Å². The van der Waals surface area contributed by atoms with Crippen LogP contribution in [0.25, 0.3) is 0 Å². The molecule has 0 radical (unpaired) electrons. The highest BCUT2D eigenvalue weighted by atomic mass is 13.9. The van der Waals surface area contributed by atoms with Gasteiger partial charge in [0.2, 0.25) is 0 Å². The minimum Gasteiger partial charge on any atom is -0.103 e. The van der Waals surface area contributed by atoms with Crippen LogP contribution >= 0.6 is 0 Å². The Hall–Kier alpha value is -0.520. The van der Waals surface area contributed by atoms with Crippen molar-refractivity contribution in [2.24, 2.45) is 0 Å². The van der Waals surface area contributed by atoms with Gasteiger partial charge >= 0.3 is 0 Å². The van der Waals surface area contributed by atoms with Crippen molar-refractivity contribution in [3.8, 4) is 0 Å². The lowest BCUT2D eigenvalue weighted by Gasteiger charge is -1.98. The summed E-state index contributed by atoms with van der Waals surface area (Å²) in [5.74, 6) is 0. The summed E-state index contributed by atoms with van der Waals surface area (Å²) in [6.45, 7) is 8.18. The van der Waals surface area contributed by atoms with Gasteiger partial charge in [0.25, 0.3) is 0 Å². The second-order valence-corrected chi connectivity index (χ2v) is 3.37. The smallest absolute Gasteiger partial charge is 0.0288 e. The second-order valence-electron chi connectivity index (χ2n) is 3.37. The average Bonchev–Trinajstić information content (AvgIpc) is 2.09. The topological polar surface area (TPSA) is 0 Å². The molecule has 0 heteroatoms. The Morgan fingerprint density at radius 1 is 1.25 bits per heavy atom. The van der Waals surface area contributed by atoms with Gasteiger partial charge in [-0.05, 0) is 32.6 Å². The quantitative estimate of drug-likeness (QED) is 0.386. The lowest BCUT2D eigenvalue weighted by Crippen LogP contribution is -1.77. The molecular formula is C12H22. The van der Waals surface area contributed by atoms with Gasteiger partial charge in [-0.3, -0.25) is 0 Å². The van der Waals surface area contributed by atoms with Crippen molar-refractivity contribution >= 4 is 0 Å². The molecule has 0 atom stereocenters. The minimum atomic E-state index is 1.12. The van der Waals surface area contributed by atoms with Gasteiger partial charge in [-0.15, -0.1) is 6.58 Å². The molecule has 0 unspecified atom stereocenters. The molecule has 12 heavy (non-hydrogen) atoms. The molecular weight excluding hydrogens is 144 g/mol. The maximum atomic E-state index is 3.72. The highest BCUT2D eigenvalue weighted by molar-refractivity contribution is 4.98. The summed E-state index contributed by atoms with van der Waals surface area (Å²) in [6.07, 6.45) is 12.0. The monoisotopic (exact) mass is 166 g/mol. The molecule has 0 aliphatic carbocycles. The first-order chi connectivity index (χ1) is 5.81. The fourth-order valence-electron chi connectivity index (χ4n) is 1.17. The fourth-order valence-corrected chi connectivity index (χ4v) is 1.17. The van der Waals surface area contributed by atoms with Gasteiger partial charge in [0.1, 0.15) is 0 Å². The van der Waals surface area contributed by atoms with Crippen LogP contribution in [0.5, 0.6) is 0 Å². The van der Waals surface area contributed by atoms with Crippen molar-refractivity contribution in [3.05, 3.63) is 24.3 Å². The minimum absolute atomic E-state index is 1.12. The van der Waals surface area contributed by atoms with E-state index in [-0.39, 0.29) is 0 Å². The molecule has 0 N–H and O–H groups in total. The summed E-state index contributed by atoms with van der Waals surface area (Å²) in [5.41, 5.74) is 1.52. The number of unbranched alkanes of at least 4 members (excludes halogenated alkanes) is 3. The standard InChI is InChI=1S/C12H22/c1-4-6-8-9-11-12(3)10-7-5-2/h5,11H,2,4,6-10H2,1,3H3. The van der Waals surface area contributed by atoms with Crippen LogP contribution in [0.1, 0.15) is 52.4 Å². The first-order valence-electron chi connectivity index (χ1n) is 5.07. The van der Waals surface area contributed by atoms with Gasteiger partial charge in [0.05, 0.1) is 0 Å². The highest BCUT2D eigenvalue weighted by Crippen LogP contribution is 2.08. The van der Waals surface area contributed by atoms with Crippen molar-refractivity contribution in [2.45, 2.75) is 52.4 Å². The fraction of sp³-hybridized carbons (Fsp3) is 0.667. The van der Waals surface area contributed by atoms with Crippen LogP contribution in [0.4, 0.5) is 0 Å². The summed E-state index contributed by atoms with van der Waals surface area (Å²) in [5, 5.41) is 0. The van der Waals surface area contributed by atoms with Gasteiger partial charge < -0.3 is 0 Å². The van der Waals surface area contributed by atoms with E-state index in [0.29, 0.717) is 0 Å². The molecule has 0 saturated carbocycles. The van der Waals surface area contributed by atoms with E-state index in [2.05, 4.69) is 26.5 Å². The molecule has 0 heterocycles. The Morgan fingerprint density at radius 3 is 2.58 bits per heavy atom. The zero-order valence-corrected chi connectivity index (χ0v) is 8.60. The molecule has 0 fully saturated rings. The zero-order chi connectivity index (χ0) is 9.23. The molecule has 0 aliphatic heterocycles. The van der Waals surface area contributed by atoms with Crippen molar-refractivity contribution in [1.82, 2.24) is 0 Å². The van der Waals surface area contributed by atoms with Crippen LogP contribution in [-0.2, 0) is 0 Å². The van der Waals surface area contributed by atoms with Gasteiger partial charge in [-0.25, -0.2) is 0 Å². The number of hydrogen-bond donors (Lipinski definition) is 0. The second kappa shape index (κ2) is 8.58. The normalized spacial score (nSPS) is 11.7. The van der Waals surface area contributed by atoms with Crippen molar-refractivity contribution < 1.29 is 0 Å². The summed E-state index contributed by atoms with van der Waals surface area (Å²) in [7, 11) is 0. The summed E-state index contributed by atoms with van der Waals surface area (Å²) in [6, 6.07) is 0. The van der Waals surface area contributed by atoms with Crippen molar-refractivity contribution in [3.63, 3.8) is 0 Å². The van der Waals surface area contributed by atoms with E-state index in [1.54, 1.807) is 0 Å². The Bertz CT molecular complexity index is 131. The summed E-state index contributed by atoms with van der Waals surface area (Å²) in [4.78, 5) is 0. The molecule has 0 rings (SSSR count). The maximum Gasteiger partial charge on any atom is -0.0288 e. The van der Waals surface area contributed by atoms with Gasteiger partial charge in [0, 0.05) is 0 Å². The molecule has 0 aromatic rings. The molecule has 0 amide bonds. The molecule has 0 aromatic heterocycles. The van der Waals surface area contributed by atoms with E-state index in [9.17, 15) is 0 Å². The first kappa shape index (κ1) is 11.5. The zero-order valence-electron chi connectivity index (χ0n) is 8.60. The third kappa shape index (κ3) is 7.59. The van der Waals surface area contributed by atoms with Crippen molar-refractivity contribution in [2.75, 3.05) is 0 Å². The van der Waals surface area contributed by atoms with Crippen LogP contribution in [0.3, 0.4) is 0 Å². The summed E-state index contributed by atoms with van der Waals surface area (Å²) >= 11 is 0. The molecule has 0 spiro atoms. The Labute approximate surface area is 77.4 Å². The number of hydrogen-bond acceptors (Lipinski definition) is 0. The first-order valence-corrected chi connectivity index (χ1v) is 5.07. The number of allylic oxidation sites excluding steroid dienone is 3. The largest absolute Gasteiger partial charge is 0.103 e. The van der Waals surface area contributed by atoms with E-state index in [1.165, 1.54) is 37.7 Å². The van der Waals surface area contributed by atoms with E-state index in [1.807, 2.05) is 6.08 Å². The van der Waals surface area contributed by atoms with Crippen LogP contribution in [0, 0.1) is 0 Å². The lowest BCUT2D eigenvalue weighted by molar-refractivity contribution is 0.725. The predicted octanol–water partition coefficient (Wildman–Crippen LogP) is 4.48. The van der Waals surface area contributed by atoms with Crippen LogP contribution in [-0.4, -0.2) is 0 Å². The van der Waals surface area contributed by atoms with E-state index in [4.69, 9.17) is 0 Å². The van der Waals surface area contributed by atoms with Gasteiger partial charge in [-0.1, -0.05) is 37.5 Å².